The summed E-state index contributed by atoms with van der Waals surface area (Å²) in [6.45, 7) is 4.21. The first-order valence-corrected chi connectivity index (χ1v) is 12.5. The fraction of sp³-hybridized carbons (Fsp3) is 0.458. The quantitative estimate of drug-likeness (QED) is 0.593. The first-order valence-electron chi connectivity index (χ1n) is 11.1. The van der Waals surface area contributed by atoms with Crippen molar-refractivity contribution < 1.29 is 17.9 Å². The van der Waals surface area contributed by atoms with Crippen molar-refractivity contribution in [3.05, 3.63) is 59.7 Å². The van der Waals surface area contributed by atoms with E-state index >= 15 is 0 Å². The molecule has 0 aromatic heterocycles. The Balaban J connectivity index is 1.53. The van der Waals surface area contributed by atoms with E-state index in [1.54, 1.807) is 22.5 Å². The predicted molar refractivity (Wildman–Crippen MR) is 122 cm³/mol. The highest BCUT2D eigenvalue weighted by Crippen LogP contribution is 2.21. The molecule has 1 heterocycles. The predicted octanol–water partition coefficient (Wildman–Crippen LogP) is 4.01. The molecule has 1 aliphatic heterocycles. The summed E-state index contributed by atoms with van der Waals surface area (Å²) in [7, 11) is -3.57. The molecule has 168 valence electrons. The minimum absolute atomic E-state index is 0.191. The number of nitrogens with one attached hydrogen (secondary N) is 1. The summed E-state index contributed by atoms with van der Waals surface area (Å²) < 4.78 is 33.0. The number of carbonyl (C=O) groups is 1. The zero-order chi connectivity index (χ0) is 22.1. The molecule has 31 heavy (non-hydrogen) atoms. The van der Waals surface area contributed by atoms with Gasteiger partial charge in [0.1, 0.15) is 5.75 Å². The van der Waals surface area contributed by atoms with Crippen LogP contribution >= 0.6 is 0 Å². The highest BCUT2D eigenvalue weighted by Gasteiger charge is 2.25. The Labute approximate surface area is 185 Å². The molecule has 7 heteroatoms. The maximum atomic E-state index is 13.0. The third-order valence-electron chi connectivity index (χ3n) is 5.46. The van der Waals surface area contributed by atoms with Gasteiger partial charge < -0.3 is 10.1 Å². The van der Waals surface area contributed by atoms with Gasteiger partial charge in [0.15, 0.2) is 0 Å². The highest BCUT2D eigenvalue weighted by molar-refractivity contribution is 7.89. The van der Waals surface area contributed by atoms with Crippen LogP contribution in [0.3, 0.4) is 0 Å². The van der Waals surface area contributed by atoms with Crippen LogP contribution in [0.2, 0.25) is 0 Å². The molecular weight excluding hydrogens is 412 g/mol. The van der Waals surface area contributed by atoms with Crippen molar-refractivity contribution in [3.8, 4) is 5.75 Å². The molecular formula is C24H32N2O4S. The Morgan fingerprint density at radius 2 is 1.74 bits per heavy atom. The van der Waals surface area contributed by atoms with Crippen LogP contribution in [0.1, 0.15) is 54.9 Å². The molecule has 1 amide bonds. The second-order valence-electron chi connectivity index (χ2n) is 7.78. The normalized spacial score (nSPS) is 15.3. The summed E-state index contributed by atoms with van der Waals surface area (Å²) >= 11 is 0. The Bertz CT molecular complexity index is 950. The molecule has 0 unspecified atom stereocenters. The largest absolute Gasteiger partial charge is 0.494 e. The van der Waals surface area contributed by atoms with E-state index in [1.165, 1.54) is 11.6 Å². The van der Waals surface area contributed by atoms with E-state index in [2.05, 4.69) is 5.32 Å². The average Bonchev–Trinajstić information content (AvgIpc) is 3.08. The molecule has 0 atom stereocenters. The Morgan fingerprint density at radius 3 is 2.42 bits per heavy atom. The van der Waals surface area contributed by atoms with Gasteiger partial charge in [0.05, 0.1) is 11.5 Å². The van der Waals surface area contributed by atoms with Crippen LogP contribution in [-0.4, -0.2) is 44.9 Å². The topological polar surface area (TPSA) is 75.7 Å². The summed E-state index contributed by atoms with van der Waals surface area (Å²) in [4.78, 5) is 12.7. The van der Waals surface area contributed by atoms with Crippen molar-refractivity contribution in [2.24, 2.45) is 0 Å². The molecule has 0 bridgehead atoms. The summed E-state index contributed by atoms with van der Waals surface area (Å²) in [5.41, 5.74) is 1.56. The number of aryl methyl sites for hydroxylation is 1. The zero-order valence-electron chi connectivity index (χ0n) is 18.2. The number of hydrogen-bond donors (Lipinski definition) is 1. The van der Waals surface area contributed by atoms with Crippen molar-refractivity contribution in [1.29, 1.82) is 0 Å². The summed E-state index contributed by atoms with van der Waals surface area (Å²) in [5.74, 6) is 0.606. The zero-order valence-corrected chi connectivity index (χ0v) is 19.0. The van der Waals surface area contributed by atoms with E-state index in [-0.39, 0.29) is 10.8 Å². The number of amides is 1. The number of nitrogens with zero attached hydrogens (tertiary/aromatic N) is 1. The van der Waals surface area contributed by atoms with Gasteiger partial charge in [0, 0.05) is 25.2 Å². The Hall–Kier alpha value is -2.38. The smallest absolute Gasteiger partial charge is 0.251 e. The van der Waals surface area contributed by atoms with Gasteiger partial charge in [-0.2, -0.15) is 4.31 Å². The first kappa shape index (κ1) is 23.3. The molecule has 1 N–H and O–H groups in total. The Morgan fingerprint density at radius 1 is 1.03 bits per heavy atom. The average molecular weight is 445 g/mol. The number of hydrogen-bond acceptors (Lipinski definition) is 4. The standard InChI is InChI=1S/C24H32N2O4S/c1-2-30-22-14-12-20(13-15-22)9-8-16-25-24(27)21-10-7-11-23(19-21)31(28,29)26-17-5-3-4-6-18-26/h7,10-15,19H,2-6,8-9,16-18H2,1H3,(H,25,27). The van der Waals surface area contributed by atoms with Gasteiger partial charge in [-0.15, -0.1) is 0 Å². The van der Waals surface area contributed by atoms with E-state index in [0.29, 0.717) is 31.8 Å². The minimum atomic E-state index is -3.57. The van der Waals surface area contributed by atoms with Gasteiger partial charge in [-0.3, -0.25) is 4.79 Å². The molecule has 0 radical (unpaired) electrons. The van der Waals surface area contributed by atoms with Gasteiger partial charge in [-0.25, -0.2) is 8.42 Å². The molecule has 2 aromatic rings. The van der Waals surface area contributed by atoms with Crippen molar-refractivity contribution in [1.82, 2.24) is 9.62 Å². The molecule has 3 rings (SSSR count). The van der Waals surface area contributed by atoms with Gasteiger partial charge in [0.25, 0.3) is 5.91 Å². The molecule has 1 saturated heterocycles. The van der Waals surface area contributed by atoms with Crippen LogP contribution in [-0.2, 0) is 16.4 Å². The van der Waals surface area contributed by atoms with Crippen LogP contribution in [0.15, 0.2) is 53.4 Å². The van der Waals surface area contributed by atoms with E-state index in [1.807, 2.05) is 31.2 Å². The third-order valence-corrected chi connectivity index (χ3v) is 7.36. The van der Waals surface area contributed by atoms with Crippen molar-refractivity contribution in [2.45, 2.75) is 50.3 Å². The van der Waals surface area contributed by atoms with Crippen LogP contribution in [0.5, 0.6) is 5.75 Å². The lowest BCUT2D eigenvalue weighted by atomic mass is 10.1. The monoisotopic (exact) mass is 444 g/mol. The molecule has 1 aliphatic rings. The molecule has 0 saturated carbocycles. The van der Waals surface area contributed by atoms with E-state index in [4.69, 9.17) is 4.74 Å². The molecule has 2 aromatic carbocycles. The first-order chi connectivity index (χ1) is 15.0. The number of benzene rings is 2. The van der Waals surface area contributed by atoms with Gasteiger partial charge in [-0.05, 0) is 68.5 Å². The van der Waals surface area contributed by atoms with E-state index in [9.17, 15) is 13.2 Å². The van der Waals surface area contributed by atoms with E-state index in [0.717, 1.165) is 44.3 Å². The lowest BCUT2D eigenvalue weighted by molar-refractivity contribution is 0.0953. The number of rotatable bonds is 9. The van der Waals surface area contributed by atoms with Gasteiger partial charge >= 0.3 is 0 Å². The fourth-order valence-electron chi connectivity index (χ4n) is 3.74. The van der Waals surface area contributed by atoms with Gasteiger partial charge in [-0.1, -0.05) is 31.0 Å². The van der Waals surface area contributed by atoms with Crippen LogP contribution in [0.25, 0.3) is 0 Å². The SMILES string of the molecule is CCOc1ccc(CCCNC(=O)c2cccc(S(=O)(=O)N3CCCCCC3)c2)cc1. The third kappa shape index (κ3) is 6.55. The number of ether oxygens (including phenoxy) is 1. The lowest BCUT2D eigenvalue weighted by Crippen LogP contribution is -2.32. The van der Waals surface area contributed by atoms with Crippen LogP contribution in [0, 0.1) is 0 Å². The number of sulfonamides is 1. The van der Waals surface area contributed by atoms with Crippen molar-refractivity contribution in [2.75, 3.05) is 26.2 Å². The minimum Gasteiger partial charge on any atom is -0.494 e. The highest BCUT2D eigenvalue weighted by atomic mass is 32.2. The number of carbonyl (C=O) groups excluding carboxylic acids is 1. The fourth-order valence-corrected chi connectivity index (χ4v) is 5.31. The molecule has 0 spiro atoms. The van der Waals surface area contributed by atoms with Crippen molar-refractivity contribution >= 4 is 15.9 Å². The summed E-state index contributed by atoms with van der Waals surface area (Å²) in [6, 6.07) is 14.3. The second-order valence-corrected chi connectivity index (χ2v) is 9.72. The lowest BCUT2D eigenvalue weighted by Gasteiger charge is -2.20. The van der Waals surface area contributed by atoms with Crippen molar-refractivity contribution in [3.63, 3.8) is 0 Å². The summed E-state index contributed by atoms with van der Waals surface area (Å²) in [6.07, 6.45) is 5.53. The van der Waals surface area contributed by atoms with E-state index < -0.39 is 10.0 Å². The molecule has 6 nitrogen and oxygen atoms in total. The molecule has 0 aliphatic carbocycles. The maximum absolute atomic E-state index is 13.0. The van der Waals surface area contributed by atoms with Crippen LogP contribution in [0.4, 0.5) is 0 Å². The second kappa shape index (κ2) is 11.3. The van der Waals surface area contributed by atoms with Crippen LogP contribution < -0.4 is 10.1 Å². The van der Waals surface area contributed by atoms with Gasteiger partial charge in [0.2, 0.25) is 10.0 Å². The Kier molecular flexibility index (Phi) is 8.49. The maximum Gasteiger partial charge on any atom is 0.251 e. The summed E-state index contributed by atoms with van der Waals surface area (Å²) in [5, 5.41) is 2.90. The molecule has 1 fully saturated rings.